The van der Waals surface area contributed by atoms with Crippen LogP contribution in [0.1, 0.15) is 38.3 Å². The summed E-state index contributed by atoms with van der Waals surface area (Å²) in [6.45, 7) is 6.69. The Morgan fingerprint density at radius 2 is 1.79 bits per heavy atom. The molecule has 0 saturated carbocycles. The average molecular weight is 480 g/mol. The Kier molecular flexibility index (Phi) is 6.13. The lowest BCUT2D eigenvalue weighted by molar-refractivity contribution is -0.133. The predicted molar refractivity (Wildman–Crippen MR) is 134 cm³/mol. The monoisotopic (exact) mass is 479 g/mol. The van der Waals surface area contributed by atoms with E-state index in [0.29, 0.717) is 37.7 Å². The number of Topliss-reactive ketones (excluding diaryl/α,β-unsaturated/α-hetero) is 1. The zero-order chi connectivity index (χ0) is 23.9. The summed E-state index contributed by atoms with van der Waals surface area (Å²) in [6, 6.07) is 15.2. The third-order valence-electron chi connectivity index (χ3n) is 6.86. The molecule has 1 unspecified atom stereocenters. The van der Waals surface area contributed by atoms with E-state index in [2.05, 4.69) is 24.1 Å². The molecule has 2 aromatic carbocycles. The van der Waals surface area contributed by atoms with Crippen LogP contribution in [0, 0.1) is 5.41 Å². The molecule has 178 valence electrons. The lowest BCUT2D eigenvalue weighted by Crippen LogP contribution is -2.47. The highest BCUT2D eigenvalue weighted by Crippen LogP contribution is 2.48. The maximum absolute atomic E-state index is 13.7. The van der Waals surface area contributed by atoms with Crippen LogP contribution in [0.15, 0.2) is 59.8 Å². The minimum Gasteiger partial charge on any atom is -0.378 e. The van der Waals surface area contributed by atoms with Crippen molar-refractivity contribution in [2.75, 3.05) is 43.1 Å². The largest absolute Gasteiger partial charge is 0.378 e. The van der Waals surface area contributed by atoms with Crippen LogP contribution in [0.25, 0.3) is 0 Å². The maximum Gasteiger partial charge on any atom is 0.242 e. The number of nitrogens with zero attached hydrogens (tertiary/aromatic N) is 2. The summed E-state index contributed by atoms with van der Waals surface area (Å²) in [7, 11) is 0. The summed E-state index contributed by atoms with van der Waals surface area (Å²) >= 11 is 6.21. The quantitative estimate of drug-likeness (QED) is 0.684. The molecule has 34 heavy (non-hydrogen) atoms. The number of allylic oxidation sites excluding steroid dienone is 1. The molecule has 1 amide bonds. The van der Waals surface area contributed by atoms with Crippen LogP contribution in [-0.2, 0) is 14.3 Å². The van der Waals surface area contributed by atoms with Crippen LogP contribution in [-0.4, -0.2) is 49.4 Å². The second-order valence-electron chi connectivity index (χ2n) is 10.1. The third-order valence-corrected chi connectivity index (χ3v) is 7.11. The lowest BCUT2D eigenvalue weighted by Gasteiger charge is -2.39. The second kappa shape index (κ2) is 9.08. The number of hydrogen-bond donors (Lipinski definition) is 1. The van der Waals surface area contributed by atoms with Crippen LogP contribution in [0.2, 0.25) is 5.02 Å². The normalized spacial score (nSPS) is 22.0. The van der Waals surface area contributed by atoms with Crippen LogP contribution in [0.3, 0.4) is 0 Å². The Morgan fingerprint density at radius 3 is 2.53 bits per heavy atom. The molecule has 1 fully saturated rings. The number of morpholine rings is 1. The molecule has 6 nitrogen and oxygen atoms in total. The highest BCUT2D eigenvalue weighted by molar-refractivity contribution is 6.30. The number of ether oxygens (including phenoxy) is 1. The molecule has 0 aromatic heterocycles. The van der Waals surface area contributed by atoms with Crippen LogP contribution in [0.4, 0.5) is 11.4 Å². The number of carbonyl (C=O) groups excluding carboxylic acids is 2. The summed E-state index contributed by atoms with van der Waals surface area (Å²) in [5.41, 5.74) is 4.30. The van der Waals surface area contributed by atoms with Crippen molar-refractivity contribution in [1.29, 1.82) is 0 Å². The maximum atomic E-state index is 13.7. The first-order valence-electron chi connectivity index (χ1n) is 11.8. The van der Waals surface area contributed by atoms with E-state index >= 15 is 0 Å². The fourth-order valence-electron chi connectivity index (χ4n) is 5.28. The van der Waals surface area contributed by atoms with Crippen molar-refractivity contribution in [3.63, 3.8) is 0 Å². The molecule has 2 aromatic rings. The fraction of sp³-hybridized carbons (Fsp3) is 0.407. The van der Waals surface area contributed by atoms with Gasteiger partial charge < -0.3 is 19.9 Å². The molecular weight excluding hydrogens is 450 g/mol. The number of para-hydroxylation sites is 2. The summed E-state index contributed by atoms with van der Waals surface area (Å²) in [5, 5.41) is 4.22. The van der Waals surface area contributed by atoms with Gasteiger partial charge >= 0.3 is 0 Å². The van der Waals surface area contributed by atoms with Gasteiger partial charge in [0.1, 0.15) is 0 Å². The molecule has 1 aliphatic carbocycles. The number of rotatable bonds is 3. The third kappa shape index (κ3) is 4.44. The van der Waals surface area contributed by atoms with Crippen molar-refractivity contribution >= 4 is 34.7 Å². The van der Waals surface area contributed by atoms with Gasteiger partial charge in [0.15, 0.2) is 5.78 Å². The molecule has 1 atom stereocenters. The summed E-state index contributed by atoms with van der Waals surface area (Å²) in [4.78, 5) is 31.1. The number of amides is 1. The molecule has 2 heterocycles. The van der Waals surface area contributed by atoms with Gasteiger partial charge in [-0.15, -0.1) is 0 Å². The summed E-state index contributed by atoms with van der Waals surface area (Å²) < 4.78 is 5.44. The lowest BCUT2D eigenvalue weighted by atomic mass is 9.73. The highest BCUT2D eigenvalue weighted by Gasteiger charge is 2.42. The first-order chi connectivity index (χ1) is 16.3. The van der Waals surface area contributed by atoms with E-state index in [1.54, 1.807) is 0 Å². The van der Waals surface area contributed by atoms with Gasteiger partial charge in [-0.3, -0.25) is 9.59 Å². The molecule has 0 bridgehead atoms. The summed E-state index contributed by atoms with van der Waals surface area (Å²) in [5.74, 6) is 0.153. The second-order valence-corrected chi connectivity index (χ2v) is 10.5. The van der Waals surface area contributed by atoms with Crippen molar-refractivity contribution in [3.8, 4) is 0 Å². The Balaban J connectivity index is 1.66. The SMILES string of the molecule is CC1(C)CC(=O)C2=C(C1)Nc1ccccc1N(CC(=O)N1CCOCC1)C2c1ccc(Cl)cc1. The zero-order valence-corrected chi connectivity index (χ0v) is 20.4. The molecule has 0 spiro atoms. The topological polar surface area (TPSA) is 61.9 Å². The number of fused-ring (bicyclic) bond motifs is 1. The molecule has 3 aliphatic rings. The first kappa shape index (κ1) is 22.9. The minimum atomic E-state index is -0.392. The molecule has 0 radical (unpaired) electrons. The number of anilines is 2. The average Bonchev–Trinajstić information content (AvgIpc) is 2.94. The van der Waals surface area contributed by atoms with Gasteiger partial charge in [0.2, 0.25) is 5.91 Å². The van der Waals surface area contributed by atoms with Gasteiger partial charge in [-0.1, -0.05) is 49.7 Å². The Labute approximate surface area is 205 Å². The van der Waals surface area contributed by atoms with Crippen molar-refractivity contribution in [2.24, 2.45) is 5.41 Å². The number of ketones is 1. The van der Waals surface area contributed by atoms with Crippen molar-refractivity contribution in [2.45, 2.75) is 32.7 Å². The fourth-order valence-corrected chi connectivity index (χ4v) is 5.40. The van der Waals surface area contributed by atoms with Gasteiger partial charge in [0, 0.05) is 35.8 Å². The Morgan fingerprint density at radius 1 is 1.09 bits per heavy atom. The van der Waals surface area contributed by atoms with Crippen molar-refractivity contribution < 1.29 is 14.3 Å². The molecule has 7 heteroatoms. The van der Waals surface area contributed by atoms with Crippen LogP contribution < -0.4 is 10.2 Å². The van der Waals surface area contributed by atoms with Crippen molar-refractivity contribution in [3.05, 3.63) is 70.4 Å². The van der Waals surface area contributed by atoms with Crippen LogP contribution in [0.5, 0.6) is 0 Å². The van der Waals surface area contributed by atoms with Gasteiger partial charge in [0.25, 0.3) is 0 Å². The molecule has 1 N–H and O–H groups in total. The number of carbonyl (C=O) groups is 2. The van der Waals surface area contributed by atoms with E-state index in [4.69, 9.17) is 16.3 Å². The first-order valence-corrected chi connectivity index (χ1v) is 12.2. The van der Waals surface area contributed by atoms with E-state index < -0.39 is 6.04 Å². The Hall–Kier alpha value is -2.83. The van der Waals surface area contributed by atoms with E-state index in [0.717, 1.165) is 34.6 Å². The minimum absolute atomic E-state index is 0.0321. The smallest absolute Gasteiger partial charge is 0.242 e. The van der Waals surface area contributed by atoms with Gasteiger partial charge in [-0.2, -0.15) is 0 Å². The van der Waals surface area contributed by atoms with E-state index in [-0.39, 0.29) is 23.7 Å². The number of halogens is 1. The van der Waals surface area contributed by atoms with Crippen LogP contribution >= 0.6 is 11.6 Å². The molecule has 5 rings (SSSR count). The van der Waals surface area contributed by atoms with Gasteiger partial charge in [-0.25, -0.2) is 0 Å². The van der Waals surface area contributed by atoms with Crippen molar-refractivity contribution in [1.82, 2.24) is 4.90 Å². The number of nitrogens with one attached hydrogen (secondary N) is 1. The molecular formula is C27H30ClN3O3. The number of benzene rings is 2. The molecule has 2 aliphatic heterocycles. The van der Waals surface area contributed by atoms with E-state index in [9.17, 15) is 9.59 Å². The Bertz CT molecular complexity index is 1140. The number of hydrogen-bond acceptors (Lipinski definition) is 5. The molecule has 1 saturated heterocycles. The predicted octanol–water partition coefficient (Wildman–Crippen LogP) is 4.82. The zero-order valence-electron chi connectivity index (χ0n) is 19.6. The van der Waals surface area contributed by atoms with Gasteiger partial charge in [0.05, 0.1) is 37.2 Å². The summed E-state index contributed by atoms with van der Waals surface area (Å²) in [6.07, 6.45) is 1.23. The van der Waals surface area contributed by atoms with E-state index in [1.165, 1.54) is 0 Å². The van der Waals surface area contributed by atoms with E-state index in [1.807, 2.05) is 53.4 Å². The highest BCUT2D eigenvalue weighted by atomic mass is 35.5. The van der Waals surface area contributed by atoms with Gasteiger partial charge in [-0.05, 0) is 41.7 Å². The standard InChI is InChI=1S/C27H30ClN3O3/c1-27(2)15-21-25(23(32)16-27)26(18-7-9-19(28)10-8-18)31(22-6-4-3-5-20(22)29-21)17-24(33)30-11-13-34-14-12-30/h3-10,26,29H,11-17H2,1-2H3.